The van der Waals surface area contributed by atoms with Gasteiger partial charge in [0.2, 0.25) is 23.6 Å². The molecule has 0 saturated carbocycles. The molecule has 18 heteroatoms. The number of phenolic OH excluding ortho intramolecular Hbond substituents is 1. The van der Waals surface area contributed by atoms with Crippen molar-refractivity contribution in [3.05, 3.63) is 102 Å². The number of amides is 4. The molecule has 3 heterocycles. The number of thioether (sulfide) groups is 1. The number of imidazole rings is 2. The minimum Gasteiger partial charge on any atom is -0.508 e. The summed E-state index contributed by atoms with van der Waals surface area (Å²) in [5.41, 5.74) is 9.50. The maximum absolute atomic E-state index is 14.2. The Bertz CT molecular complexity index is 2040. The average molecular weight is 773 g/mol. The molecule has 55 heavy (non-hydrogen) atoms. The number of para-hydroxylation sites is 1. The van der Waals surface area contributed by atoms with Crippen LogP contribution < -0.4 is 27.0 Å². The Morgan fingerprint density at radius 1 is 0.727 bits per heavy atom. The van der Waals surface area contributed by atoms with E-state index >= 15 is 0 Å². The van der Waals surface area contributed by atoms with E-state index in [0.717, 1.165) is 16.5 Å². The Morgan fingerprint density at radius 2 is 1.31 bits per heavy atom. The number of fused-ring (bicyclic) bond motifs is 1. The smallest absolute Gasteiger partial charge is 0.326 e. The van der Waals surface area contributed by atoms with Gasteiger partial charge in [0, 0.05) is 66.6 Å². The van der Waals surface area contributed by atoms with E-state index in [1.54, 1.807) is 24.5 Å². The maximum atomic E-state index is 14.2. The van der Waals surface area contributed by atoms with Crippen molar-refractivity contribution in [2.24, 2.45) is 5.73 Å². The predicted octanol–water partition coefficient (Wildman–Crippen LogP) is 0.695. The minimum absolute atomic E-state index is 0.0109. The van der Waals surface area contributed by atoms with Crippen LogP contribution in [0.1, 0.15) is 28.9 Å². The number of phenols is 1. The van der Waals surface area contributed by atoms with Gasteiger partial charge in [0.05, 0.1) is 18.7 Å². The maximum Gasteiger partial charge on any atom is 0.326 e. The van der Waals surface area contributed by atoms with E-state index in [1.807, 2.05) is 30.5 Å². The van der Waals surface area contributed by atoms with E-state index in [4.69, 9.17) is 5.73 Å². The second-order valence-electron chi connectivity index (χ2n) is 13.0. The van der Waals surface area contributed by atoms with Gasteiger partial charge in [-0.05, 0) is 47.8 Å². The molecule has 5 unspecified atom stereocenters. The topological polar surface area (TPSA) is 273 Å². The van der Waals surface area contributed by atoms with Crippen LogP contribution in [-0.2, 0) is 49.7 Å². The summed E-state index contributed by atoms with van der Waals surface area (Å²) in [6, 6.07) is 7.46. The Kier molecular flexibility index (Phi) is 14.0. The first-order chi connectivity index (χ1) is 26.5. The fourth-order valence-electron chi connectivity index (χ4n) is 5.95. The number of aromatic nitrogens is 5. The summed E-state index contributed by atoms with van der Waals surface area (Å²) in [7, 11) is 0. The van der Waals surface area contributed by atoms with E-state index in [9.17, 15) is 34.2 Å². The van der Waals surface area contributed by atoms with E-state index in [-0.39, 0.29) is 37.9 Å². The standard InChI is InChI=1S/C37H44N10O7S/c1-55-11-10-29(34(50)47-32(37(53)54)12-21-6-8-25(48)9-7-21)44-36(52)31(15-24-18-40-20-43-24)46-35(51)30(13-22-16-41-28-5-3-2-4-26(22)28)45-33(49)27(38)14-23-17-39-19-42-23/h2-9,16-20,27,29-32,41,48H,10-15,38H2,1H3,(H,39,42)(H,40,43)(H,44,52)(H,45,49)(H,46,51)(H,47,50)(H,53,54). The Balaban J connectivity index is 1.35. The molecule has 0 radical (unpaired) electrons. The van der Waals surface area contributed by atoms with Crippen molar-refractivity contribution in [3.63, 3.8) is 0 Å². The molecule has 3 aromatic heterocycles. The molecular formula is C37H44N10O7S. The van der Waals surface area contributed by atoms with Crippen molar-refractivity contribution in [2.45, 2.75) is 62.3 Å². The number of aromatic hydroxyl groups is 1. The van der Waals surface area contributed by atoms with Crippen molar-refractivity contribution in [1.29, 1.82) is 0 Å². The van der Waals surface area contributed by atoms with Gasteiger partial charge in [-0.2, -0.15) is 11.8 Å². The average Bonchev–Trinajstić information content (AvgIpc) is 3.97. The largest absolute Gasteiger partial charge is 0.508 e. The quantitative estimate of drug-likeness (QED) is 0.0526. The predicted molar refractivity (Wildman–Crippen MR) is 205 cm³/mol. The van der Waals surface area contributed by atoms with Gasteiger partial charge < -0.3 is 52.2 Å². The molecule has 4 amide bonds. The van der Waals surface area contributed by atoms with Crippen LogP contribution in [-0.4, -0.2) is 107 Å². The number of nitrogens with zero attached hydrogens (tertiary/aromatic N) is 2. The molecule has 5 atom stereocenters. The minimum atomic E-state index is -1.33. The molecule has 290 valence electrons. The highest BCUT2D eigenvalue weighted by Crippen LogP contribution is 2.20. The van der Waals surface area contributed by atoms with E-state index in [2.05, 4.69) is 46.2 Å². The molecule has 0 saturated heterocycles. The lowest BCUT2D eigenvalue weighted by atomic mass is 10.0. The van der Waals surface area contributed by atoms with Gasteiger partial charge in [-0.25, -0.2) is 14.8 Å². The number of hydrogen-bond donors (Lipinski definition) is 10. The van der Waals surface area contributed by atoms with Crippen LogP contribution in [0, 0.1) is 0 Å². The van der Waals surface area contributed by atoms with Crippen LogP contribution in [0.4, 0.5) is 0 Å². The van der Waals surface area contributed by atoms with Gasteiger partial charge in [-0.3, -0.25) is 19.2 Å². The van der Waals surface area contributed by atoms with Gasteiger partial charge in [-0.1, -0.05) is 30.3 Å². The molecule has 5 aromatic rings. The zero-order chi connectivity index (χ0) is 39.3. The fraction of sp³-hybridized carbons (Fsp3) is 0.324. The molecule has 5 rings (SSSR count). The van der Waals surface area contributed by atoms with Gasteiger partial charge in [0.25, 0.3) is 0 Å². The number of nitrogens with two attached hydrogens (primary N) is 1. The Labute approximate surface area is 320 Å². The highest BCUT2D eigenvalue weighted by Gasteiger charge is 2.33. The van der Waals surface area contributed by atoms with Crippen molar-refractivity contribution in [1.82, 2.24) is 46.2 Å². The van der Waals surface area contributed by atoms with Crippen LogP contribution in [0.25, 0.3) is 10.9 Å². The van der Waals surface area contributed by atoms with Crippen LogP contribution >= 0.6 is 11.8 Å². The third-order valence-corrected chi connectivity index (χ3v) is 9.55. The molecular weight excluding hydrogens is 729 g/mol. The molecule has 17 nitrogen and oxygen atoms in total. The van der Waals surface area contributed by atoms with Crippen molar-refractivity contribution >= 4 is 52.3 Å². The number of benzene rings is 2. The van der Waals surface area contributed by atoms with Crippen molar-refractivity contribution in [2.75, 3.05) is 12.0 Å². The Hall–Kier alpha value is -6.14. The molecule has 0 aliphatic carbocycles. The lowest BCUT2D eigenvalue weighted by Gasteiger charge is -2.26. The number of hydrogen-bond acceptors (Lipinski definition) is 10. The molecule has 0 aliphatic heterocycles. The summed E-state index contributed by atoms with van der Waals surface area (Å²) in [5.74, 6) is -3.55. The van der Waals surface area contributed by atoms with Gasteiger partial charge in [-0.15, -0.1) is 0 Å². The molecule has 0 bridgehead atoms. The number of aromatic amines is 3. The lowest BCUT2D eigenvalue weighted by molar-refractivity contribution is -0.142. The van der Waals surface area contributed by atoms with E-state index < -0.39 is 59.8 Å². The summed E-state index contributed by atoms with van der Waals surface area (Å²) in [4.78, 5) is 84.3. The van der Waals surface area contributed by atoms with Crippen molar-refractivity contribution in [3.8, 4) is 5.75 Å². The highest BCUT2D eigenvalue weighted by molar-refractivity contribution is 7.98. The first-order valence-electron chi connectivity index (χ1n) is 17.5. The molecule has 2 aromatic carbocycles. The third kappa shape index (κ3) is 11.4. The first-order valence-corrected chi connectivity index (χ1v) is 18.9. The SMILES string of the molecule is CSCCC(NC(=O)C(Cc1cnc[nH]1)NC(=O)C(Cc1c[nH]c2ccccc12)NC(=O)C(N)Cc1cnc[nH]1)C(=O)NC(Cc1ccc(O)cc1)C(=O)O. The molecule has 0 aliphatic rings. The van der Waals surface area contributed by atoms with E-state index in [0.29, 0.717) is 22.7 Å². The van der Waals surface area contributed by atoms with Crippen LogP contribution in [0.15, 0.2) is 79.8 Å². The lowest BCUT2D eigenvalue weighted by Crippen LogP contribution is -2.59. The summed E-state index contributed by atoms with van der Waals surface area (Å²) in [6.07, 6.45) is 9.71. The second kappa shape index (κ2) is 19.3. The van der Waals surface area contributed by atoms with Gasteiger partial charge >= 0.3 is 5.97 Å². The monoisotopic (exact) mass is 772 g/mol. The van der Waals surface area contributed by atoms with Crippen LogP contribution in [0.2, 0.25) is 0 Å². The highest BCUT2D eigenvalue weighted by atomic mass is 32.2. The number of H-pyrrole nitrogens is 3. The van der Waals surface area contributed by atoms with Crippen LogP contribution in [0.5, 0.6) is 5.75 Å². The summed E-state index contributed by atoms with van der Waals surface area (Å²) in [6.45, 7) is 0. The number of rotatable bonds is 20. The third-order valence-electron chi connectivity index (χ3n) is 8.91. The molecule has 11 N–H and O–H groups in total. The molecule has 0 spiro atoms. The second-order valence-corrected chi connectivity index (χ2v) is 14.0. The van der Waals surface area contributed by atoms with Crippen molar-refractivity contribution < 1.29 is 34.2 Å². The zero-order valence-corrected chi connectivity index (χ0v) is 30.8. The number of carboxylic acids is 1. The van der Waals surface area contributed by atoms with Gasteiger partial charge in [0.1, 0.15) is 29.9 Å². The van der Waals surface area contributed by atoms with E-state index in [1.165, 1.54) is 42.7 Å². The fourth-order valence-corrected chi connectivity index (χ4v) is 6.42. The molecule has 0 fully saturated rings. The zero-order valence-electron chi connectivity index (χ0n) is 30.0. The Morgan fingerprint density at radius 3 is 1.95 bits per heavy atom. The number of nitrogens with one attached hydrogen (secondary N) is 7. The normalized spacial score (nSPS) is 13.9. The summed E-state index contributed by atoms with van der Waals surface area (Å²) >= 11 is 1.43. The number of carbonyl (C=O) groups is 5. The summed E-state index contributed by atoms with van der Waals surface area (Å²) < 4.78 is 0. The van der Waals surface area contributed by atoms with Gasteiger partial charge in [0.15, 0.2) is 0 Å². The number of carboxylic acid groups (broad SMARTS) is 1. The first kappa shape index (κ1) is 40.1. The number of carbonyl (C=O) groups excluding carboxylic acids is 4. The number of aliphatic carboxylic acids is 1. The van der Waals surface area contributed by atoms with Crippen LogP contribution in [0.3, 0.4) is 0 Å². The summed E-state index contributed by atoms with van der Waals surface area (Å²) in [5, 5.41) is 31.1.